The smallest absolute Gasteiger partial charge is 0.339 e. The van der Waals surface area contributed by atoms with Gasteiger partial charge in [-0.15, -0.1) is 0 Å². The first-order valence-electron chi connectivity index (χ1n) is 6.61. The van der Waals surface area contributed by atoms with Gasteiger partial charge in [-0.3, -0.25) is 0 Å². The number of hydrogen-bond donors (Lipinski definition) is 1. The van der Waals surface area contributed by atoms with Crippen LogP contribution in [0.3, 0.4) is 0 Å². The summed E-state index contributed by atoms with van der Waals surface area (Å²) in [6, 6.07) is 14.5. The Labute approximate surface area is 121 Å². The lowest BCUT2D eigenvalue weighted by Gasteiger charge is -2.09. The summed E-state index contributed by atoms with van der Waals surface area (Å²) in [5.74, 6) is -0.604. The summed E-state index contributed by atoms with van der Waals surface area (Å²) in [7, 11) is 0. The number of nitrogens with zero attached hydrogens (tertiary/aromatic N) is 2. The molecule has 5 nitrogen and oxygen atoms in total. The number of rotatable bonds is 5. The van der Waals surface area contributed by atoms with Gasteiger partial charge in [0.1, 0.15) is 17.9 Å². The maximum atomic E-state index is 11.1. The first-order valence-corrected chi connectivity index (χ1v) is 6.61. The zero-order valence-electron chi connectivity index (χ0n) is 11.3. The van der Waals surface area contributed by atoms with E-state index in [1.807, 2.05) is 28.8 Å². The summed E-state index contributed by atoms with van der Waals surface area (Å²) in [5, 5.41) is 9.10. The van der Waals surface area contributed by atoms with Crippen LogP contribution in [0.15, 0.2) is 54.9 Å². The van der Waals surface area contributed by atoms with Crippen LogP contribution in [-0.2, 0) is 6.54 Å². The van der Waals surface area contributed by atoms with E-state index in [0.717, 1.165) is 11.0 Å². The topological polar surface area (TPSA) is 64.3 Å². The molecule has 3 aromatic rings. The van der Waals surface area contributed by atoms with Crippen LogP contribution in [0, 0.1) is 0 Å². The van der Waals surface area contributed by atoms with Gasteiger partial charge in [0.2, 0.25) is 0 Å². The number of imidazole rings is 1. The minimum atomic E-state index is -0.987. The summed E-state index contributed by atoms with van der Waals surface area (Å²) >= 11 is 0. The number of fused-ring (bicyclic) bond motifs is 1. The SMILES string of the molecule is O=C(O)c1ccccc1OCCn1cnc2ccccc21. The summed E-state index contributed by atoms with van der Waals surface area (Å²) in [5.41, 5.74) is 2.14. The Kier molecular flexibility index (Phi) is 3.55. The average molecular weight is 282 g/mol. The maximum absolute atomic E-state index is 11.1. The Morgan fingerprint density at radius 2 is 1.90 bits per heavy atom. The van der Waals surface area contributed by atoms with E-state index in [1.165, 1.54) is 6.07 Å². The Morgan fingerprint density at radius 3 is 2.76 bits per heavy atom. The number of aromatic carboxylic acids is 1. The van der Waals surface area contributed by atoms with Crippen molar-refractivity contribution in [2.24, 2.45) is 0 Å². The fraction of sp³-hybridized carbons (Fsp3) is 0.125. The standard InChI is InChI=1S/C16H14N2O3/c19-16(20)12-5-1-4-8-15(12)21-10-9-18-11-17-13-6-2-3-7-14(13)18/h1-8,11H,9-10H2,(H,19,20). The molecule has 0 aliphatic carbocycles. The van der Waals surface area contributed by atoms with Crippen LogP contribution in [0.25, 0.3) is 11.0 Å². The van der Waals surface area contributed by atoms with E-state index in [2.05, 4.69) is 4.98 Å². The normalized spacial score (nSPS) is 10.7. The maximum Gasteiger partial charge on any atom is 0.339 e. The molecular weight excluding hydrogens is 268 g/mol. The van der Waals surface area contributed by atoms with Crippen molar-refractivity contribution in [3.8, 4) is 5.75 Å². The number of carboxylic acid groups (broad SMARTS) is 1. The quantitative estimate of drug-likeness (QED) is 0.781. The average Bonchev–Trinajstić information content (AvgIpc) is 2.91. The molecule has 0 amide bonds. The fourth-order valence-electron chi connectivity index (χ4n) is 2.21. The molecule has 0 fully saturated rings. The molecule has 0 aliphatic rings. The lowest BCUT2D eigenvalue weighted by molar-refractivity contribution is 0.0692. The molecule has 0 saturated carbocycles. The van der Waals surface area contributed by atoms with Gasteiger partial charge in [-0.1, -0.05) is 24.3 Å². The van der Waals surface area contributed by atoms with Crippen LogP contribution in [0.2, 0.25) is 0 Å². The highest BCUT2D eigenvalue weighted by molar-refractivity contribution is 5.90. The van der Waals surface area contributed by atoms with Crippen molar-refractivity contribution in [2.75, 3.05) is 6.61 Å². The van der Waals surface area contributed by atoms with Crippen LogP contribution in [0.5, 0.6) is 5.75 Å². The third-order valence-electron chi connectivity index (χ3n) is 3.23. The van der Waals surface area contributed by atoms with Crippen molar-refractivity contribution in [3.63, 3.8) is 0 Å². The fourth-order valence-corrected chi connectivity index (χ4v) is 2.21. The van der Waals surface area contributed by atoms with Gasteiger partial charge in [0.05, 0.1) is 23.9 Å². The summed E-state index contributed by atoms with van der Waals surface area (Å²) < 4.78 is 7.58. The first kappa shape index (κ1) is 13.2. The molecule has 0 bridgehead atoms. The van der Waals surface area contributed by atoms with Gasteiger partial charge in [0.15, 0.2) is 0 Å². The third kappa shape index (κ3) is 2.72. The predicted molar refractivity (Wildman–Crippen MR) is 78.6 cm³/mol. The minimum absolute atomic E-state index is 0.174. The number of hydrogen-bond acceptors (Lipinski definition) is 3. The molecule has 0 saturated heterocycles. The summed E-state index contributed by atoms with van der Waals surface area (Å²) in [6.07, 6.45) is 1.76. The number of carbonyl (C=O) groups is 1. The molecule has 1 heterocycles. The third-order valence-corrected chi connectivity index (χ3v) is 3.23. The first-order chi connectivity index (χ1) is 10.3. The molecule has 106 valence electrons. The van der Waals surface area contributed by atoms with Gasteiger partial charge < -0.3 is 14.4 Å². The second-order valence-electron chi connectivity index (χ2n) is 4.58. The second kappa shape index (κ2) is 5.66. The summed E-state index contributed by atoms with van der Waals surface area (Å²) in [4.78, 5) is 15.4. The lowest BCUT2D eigenvalue weighted by atomic mass is 10.2. The Hall–Kier alpha value is -2.82. The molecule has 3 rings (SSSR count). The monoisotopic (exact) mass is 282 g/mol. The van der Waals surface area contributed by atoms with E-state index < -0.39 is 5.97 Å². The van der Waals surface area contributed by atoms with E-state index in [4.69, 9.17) is 9.84 Å². The van der Waals surface area contributed by atoms with Gasteiger partial charge in [-0.05, 0) is 24.3 Å². The van der Waals surface area contributed by atoms with Gasteiger partial charge in [0.25, 0.3) is 0 Å². The molecule has 1 N–H and O–H groups in total. The van der Waals surface area contributed by atoms with E-state index in [9.17, 15) is 4.79 Å². The highest BCUT2D eigenvalue weighted by Crippen LogP contribution is 2.18. The molecule has 0 spiro atoms. The van der Waals surface area contributed by atoms with Crippen molar-refractivity contribution in [1.82, 2.24) is 9.55 Å². The molecule has 0 aliphatic heterocycles. The molecule has 1 aromatic heterocycles. The van der Waals surface area contributed by atoms with Crippen molar-refractivity contribution in [3.05, 3.63) is 60.4 Å². The van der Waals surface area contributed by atoms with Crippen LogP contribution < -0.4 is 4.74 Å². The van der Waals surface area contributed by atoms with Crippen LogP contribution in [0.4, 0.5) is 0 Å². The number of aromatic nitrogens is 2. The minimum Gasteiger partial charge on any atom is -0.491 e. The highest BCUT2D eigenvalue weighted by atomic mass is 16.5. The van der Waals surface area contributed by atoms with Gasteiger partial charge in [-0.2, -0.15) is 0 Å². The van der Waals surface area contributed by atoms with Crippen molar-refractivity contribution >= 4 is 17.0 Å². The van der Waals surface area contributed by atoms with Gasteiger partial charge in [-0.25, -0.2) is 9.78 Å². The second-order valence-corrected chi connectivity index (χ2v) is 4.58. The Morgan fingerprint density at radius 1 is 1.14 bits per heavy atom. The lowest BCUT2D eigenvalue weighted by Crippen LogP contribution is -2.09. The zero-order valence-corrected chi connectivity index (χ0v) is 11.3. The van der Waals surface area contributed by atoms with Gasteiger partial charge in [0, 0.05) is 0 Å². The molecule has 0 atom stereocenters. The van der Waals surface area contributed by atoms with Crippen LogP contribution in [0.1, 0.15) is 10.4 Å². The van der Waals surface area contributed by atoms with E-state index >= 15 is 0 Å². The molecule has 21 heavy (non-hydrogen) atoms. The Balaban J connectivity index is 1.71. The van der Waals surface area contributed by atoms with Crippen molar-refractivity contribution < 1.29 is 14.6 Å². The van der Waals surface area contributed by atoms with Crippen molar-refractivity contribution in [2.45, 2.75) is 6.54 Å². The number of ether oxygens (including phenoxy) is 1. The number of benzene rings is 2. The van der Waals surface area contributed by atoms with Crippen LogP contribution in [-0.4, -0.2) is 27.2 Å². The zero-order chi connectivity index (χ0) is 14.7. The number of carboxylic acids is 1. The summed E-state index contributed by atoms with van der Waals surface area (Å²) in [6.45, 7) is 0.985. The molecule has 5 heteroatoms. The van der Waals surface area contributed by atoms with E-state index in [1.54, 1.807) is 24.5 Å². The molecule has 0 unspecified atom stereocenters. The van der Waals surface area contributed by atoms with E-state index in [0.29, 0.717) is 18.9 Å². The van der Waals surface area contributed by atoms with Crippen LogP contribution >= 0.6 is 0 Å². The molecule has 0 radical (unpaired) electrons. The predicted octanol–water partition coefficient (Wildman–Crippen LogP) is 2.81. The van der Waals surface area contributed by atoms with E-state index in [-0.39, 0.29) is 5.56 Å². The van der Waals surface area contributed by atoms with Crippen molar-refractivity contribution in [1.29, 1.82) is 0 Å². The van der Waals surface area contributed by atoms with Gasteiger partial charge >= 0.3 is 5.97 Å². The highest BCUT2D eigenvalue weighted by Gasteiger charge is 2.10. The largest absolute Gasteiger partial charge is 0.491 e. The Bertz CT molecular complexity index is 780. The molecular formula is C16H14N2O3. The number of para-hydroxylation sites is 3. The molecule has 2 aromatic carbocycles.